The fourth-order valence-corrected chi connectivity index (χ4v) is 4.82. The summed E-state index contributed by atoms with van der Waals surface area (Å²) in [6, 6.07) is 22.9. The van der Waals surface area contributed by atoms with Gasteiger partial charge in [0, 0.05) is 18.1 Å². The van der Waals surface area contributed by atoms with Gasteiger partial charge in [-0.05, 0) is 23.2 Å². The fourth-order valence-electron chi connectivity index (χ4n) is 4.01. The van der Waals surface area contributed by atoms with E-state index in [1.54, 1.807) is 0 Å². The number of rotatable bonds is 4. The first-order valence-electron chi connectivity index (χ1n) is 9.13. The lowest BCUT2D eigenvalue weighted by atomic mass is 9.71. The zero-order valence-corrected chi connectivity index (χ0v) is 16.3. The van der Waals surface area contributed by atoms with E-state index < -0.39 is 23.6 Å². The van der Waals surface area contributed by atoms with Crippen molar-refractivity contribution >= 4 is 17.3 Å². The third-order valence-electron chi connectivity index (χ3n) is 5.20. The molecule has 1 unspecified atom stereocenters. The number of benzene rings is 1. The Bertz CT molecular complexity index is 1040. The third kappa shape index (κ3) is 3.35. The van der Waals surface area contributed by atoms with Crippen molar-refractivity contribution in [1.82, 2.24) is 5.32 Å². The van der Waals surface area contributed by atoms with Crippen LogP contribution in [-0.2, 0) is 5.72 Å². The molecule has 6 nitrogen and oxygen atoms in total. The number of hydrogen-bond donors (Lipinski definition) is 3. The second-order valence-electron chi connectivity index (χ2n) is 6.79. The van der Waals surface area contributed by atoms with E-state index in [2.05, 4.69) is 16.4 Å². The predicted molar refractivity (Wildman–Crippen MR) is 109 cm³/mol. The van der Waals surface area contributed by atoms with Gasteiger partial charge in [-0.15, -0.1) is 11.3 Å². The van der Waals surface area contributed by atoms with Crippen LogP contribution in [0.4, 0.5) is 0 Å². The highest BCUT2D eigenvalue weighted by Gasteiger charge is 2.57. The molecule has 3 heterocycles. The summed E-state index contributed by atoms with van der Waals surface area (Å²) < 4.78 is 1.93. The molecule has 0 saturated carbocycles. The average molecular weight is 401 g/mol. The van der Waals surface area contributed by atoms with Gasteiger partial charge in [-0.2, -0.15) is 15.8 Å². The molecule has 0 spiro atoms. The van der Waals surface area contributed by atoms with E-state index in [-0.39, 0.29) is 6.17 Å². The van der Waals surface area contributed by atoms with Crippen molar-refractivity contribution < 1.29 is 9.67 Å². The van der Waals surface area contributed by atoms with Crippen LogP contribution in [-0.4, -0.2) is 11.1 Å². The number of pyridine rings is 1. The van der Waals surface area contributed by atoms with E-state index in [1.165, 1.54) is 11.3 Å². The molecule has 29 heavy (non-hydrogen) atoms. The van der Waals surface area contributed by atoms with Gasteiger partial charge in [0.25, 0.3) is 0 Å². The van der Waals surface area contributed by atoms with Crippen LogP contribution in [0, 0.1) is 28.8 Å². The van der Waals surface area contributed by atoms with Gasteiger partial charge in [0.2, 0.25) is 11.8 Å². The SMILES string of the molecule is N#CC1[C-](N=C=N)N[C@@](O)(c2cccs2)[C@H]([n+]2ccccc2)[C@H]1c1ccccc1. The monoisotopic (exact) mass is 401 g/mol. The minimum absolute atomic E-state index is 0.236. The number of aliphatic hydroxyl groups is 1. The first-order chi connectivity index (χ1) is 14.2. The normalized spacial score (nSPS) is 26.3. The molecule has 1 aromatic carbocycles. The summed E-state index contributed by atoms with van der Waals surface area (Å²) in [4.78, 5) is 4.68. The van der Waals surface area contributed by atoms with Crippen molar-refractivity contribution in [3.8, 4) is 6.07 Å². The van der Waals surface area contributed by atoms with Crippen molar-refractivity contribution in [2.75, 3.05) is 0 Å². The van der Waals surface area contributed by atoms with E-state index in [1.807, 2.05) is 89.0 Å². The van der Waals surface area contributed by atoms with Crippen LogP contribution in [0.3, 0.4) is 0 Å². The zero-order chi connectivity index (χ0) is 20.3. The molecular weight excluding hydrogens is 382 g/mol. The van der Waals surface area contributed by atoms with Crippen LogP contribution in [0.5, 0.6) is 0 Å². The molecule has 4 atom stereocenters. The van der Waals surface area contributed by atoms with Crippen molar-refractivity contribution in [1.29, 1.82) is 10.7 Å². The van der Waals surface area contributed by atoms with E-state index in [0.717, 1.165) is 5.56 Å². The van der Waals surface area contributed by atoms with Gasteiger partial charge in [0.15, 0.2) is 12.4 Å². The Morgan fingerprint density at radius 2 is 1.86 bits per heavy atom. The van der Waals surface area contributed by atoms with Gasteiger partial charge in [0.05, 0.1) is 16.9 Å². The lowest BCUT2D eigenvalue weighted by Gasteiger charge is -2.49. The topological polar surface area (TPSA) is 96.1 Å². The average Bonchev–Trinajstić information content (AvgIpc) is 3.31. The van der Waals surface area contributed by atoms with E-state index in [0.29, 0.717) is 4.88 Å². The molecule has 3 N–H and O–H groups in total. The number of thiophene rings is 1. The van der Waals surface area contributed by atoms with Crippen LogP contribution in [0.1, 0.15) is 22.4 Å². The smallest absolute Gasteiger partial charge is 0.211 e. The van der Waals surface area contributed by atoms with Gasteiger partial charge < -0.3 is 20.8 Å². The molecule has 144 valence electrons. The number of aliphatic imine (C=N–C) groups is 1. The Morgan fingerprint density at radius 3 is 2.48 bits per heavy atom. The van der Waals surface area contributed by atoms with Gasteiger partial charge in [-0.1, -0.05) is 42.5 Å². The third-order valence-corrected chi connectivity index (χ3v) is 6.19. The number of aromatic nitrogens is 1. The number of nitrogens with zero attached hydrogens (tertiary/aromatic N) is 3. The summed E-state index contributed by atoms with van der Waals surface area (Å²) in [7, 11) is 0. The molecule has 2 aromatic heterocycles. The molecule has 1 saturated heterocycles. The maximum Gasteiger partial charge on any atom is 0.211 e. The van der Waals surface area contributed by atoms with Crippen LogP contribution in [0.15, 0.2) is 83.4 Å². The number of nitriles is 1. The van der Waals surface area contributed by atoms with Gasteiger partial charge in [-0.3, -0.25) is 0 Å². The Balaban J connectivity index is 1.98. The van der Waals surface area contributed by atoms with Gasteiger partial charge in [-0.25, -0.2) is 0 Å². The quantitative estimate of drug-likeness (QED) is 0.356. The second-order valence-corrected chi connectivity index (χ2v) is 7.74. The maximum absolute atomic E-state index is 12.0. The Labute approximate surface area is 172 Å². The largest absolute Gasteiger partial charge is 0.385 e. The van der Waals surface area contributed by atoms with Crippen LogP contribution >= 0.6 is 11.3 Å². The highest BCUT2D eigenvalue weighted by atomic mass is 32.1. The first-order valence-corrected chi connectivity index (χ1v) is 10.0. The maximum atomic E-state index is 12.0. The zero-order valence-electron chi connectivity index (χ0n) is 15.4. The van der Waals surface area contributed by atoms with Crippen LogP contribution < -0.4 is 9.88 Å². The fraction of sp³-hybridized carbons (Fsp3) is 0.182. The molecule has 3 aromatic rings. The van der Waals surface area contributed by atoms with Crippen LogP contribution in [0.2, 0.25) is 0 Å². The number of nitrogens with one attached hydrogen (secondary N) is 2. The molecule has 4 rings (SSSR count). The predicted octanol–water partition coefficient (Wildman–Crippen LogP) is 3.19. The molecule has 1 aliphatic rings. The van der Waals surface area contributed by atoms with Gasteiger partial charge >= 0.3 is 0 Å². The molecule has 0 amide bonds. The summed E-state index contributed by atoms with van der Waals surface area (Å²) in [6.07, 6.45) is 4.01. The van der Waals surface area contributed by atoms with E-state index >= 15 is 0 Å². The molecule has 1 aliphatic heterocycles. The lowest BCUT2D eigenvalue weighted by Crippen LogP contribution is -2.65. The van der Waals surface area contributed by atoms with E-state index in [9.17, 15) is 10.4 Å². The van der Waals surface area contributed by atoms with Crippen molar-refractivity contribution in [3.05, 3.63) is 95.0 Å². The molecule has 0 aliphatic carbocycles. The van der Waals surface area contributed by atoms with Gasteiger partial charge in [0.1, 0.15) is 0 Å². The Morgan fingerprint density at radius 1 is 1.14 bits per heavy atom. The minimum atomic E-state index is -1.52. The molecular formula is C22H19N5OS. The summed E-state index contributed by atoms with van der Waals surface area (Å²) in [5.74, 6) is -1.10. The van der Waals surface area contributed by atoms with E-state index in [4.69, 9.17) is 5.41 Å². The Kier molecular flexibility index (Phi) is 5.26. The number of hydrogen-bond acceptors (Lipinski definition) is 6. The Hall–Kier alpha value is -3.27. The first kappa shape index (κ1) is 19.1. The van der Waals surface area contributed by atoms with Crippen LogP contribution in [0.25, 0.3) is 0 Å². The molecule has 7 heteroatoms. The minimum Gasteiger partial charge on any atom is -0.385 e. The lowest BCUT2D eigenvalue weighted by molar-refractivity contribution is -0.746. The summed E-state index contributed by atoms with van der Waals surface area (Å²) in [5, 5.41) is 34.3. The number of piperidine rings is 1. The highest BCUT2D eigenvalue weighted by molar-refractivity contribution is 7.10. The highest BCUT2D eigenvalue weighted by Crippen LogP contribution is 2.50. The standard InChI is InChI=1S/C22H19N5OS/c23-14-17-19(16-8-3-1-4-9-16)20(27-11-5-2-6-12-27)22(28,18-10-7-13-29-18)26-21(17)25-15-24/h1-13,17,19-20,24,26,28H/t17?,19-,20+,22+/m0/s1. The second kappa shape index (κ2) is 8.00. The summed E-state index contributed by atoms with van der Waals surface area (Å²) in [5.41, 5.74) is -0.612. The molecule has 1 fully saturated rings. The molecule has 0 radical (unpaired) electrons. The van der Waals surface area contributed by atoms with Crippen molar-refractivity contribution in [2.45, 2.75) is 17.7 Å². The summed E-state index contributed by atoms with van der Waals surface area (Å²) in [6.45, 7) is 0. The van der Waals surface area contributed by atoms with Crippen molar-refractivity contribution in [2.24, 2.45) is 10.9 Å². The van der Waals surface area contributed by atoms with Crippen molar-refractivity contribution in [3.63, 3.8) is 0 Å². The molecule has 0 bridgehead atoms. The summed E-state index contributed by atoms with van der Waals surface area (Å²) >= 11 is 1.42.